The van der Waals surface area contributed by atoms with E-state index in [0.29, 0.717) is 13.0 Å². The van der Waals surface area contributed by atoms with Crippen molar-refractivity contribution in [2.24, 2.45) is 5.92 Å². The van der Waals surface area contributed by atoms with Gasteiger partial charge in [-0.15, -0.1) is 0 Å². The zero-order chi connectivity index (χ0) is 11.5. The third-order valence-electron chi connectivity index (χ3n) is 2.71. The first-order valence-electron chi connectivity index (χ1n) is 5.12. The Hall–Kier alpha value is -1.71. The highest BCUT2D eigenvalue weighted by molar-refractivity contribution is 5.73. The van der Waals surface area contributed by atoms with Crippen molar-refractivity contribution in [2.75, 3.05) is 20.8 Å². The number of fused-ring (bicyclic) bond motifs is 1. The lowest BCUT2D eigenvalue weighted by Gasteiger charge is -2.23. The summed E-state index contributed by atoms with van der Waals surface area (Å²) in [5, 5.41) is 0. The number of methoxy groups -OCH3 is 2. The van der Waals surface area contributed by atoms with Gasteiger partial charge in [-0.2, -0.15) is 0 Å². The monoisotopic (exact) mass is 222 g/mol. The van der Waals surface area contributed by atoms with E-state index in [9.17, 15) is 4.79 Å². The predicted octanol–water partition coefficient (Wildman–Crippen LogP) is 1.42. The van der Waals surface area contributed by atoms with Crippen LogP contribution in [0, 0.1) is 5.92 Å². The Kier molecular flexibility index (Phi) is 2.99. The van der Waals surface area contributed by atoms with Crippen LogP contribution in [0.1, 0.15) is 5.56 Å². The molecule has 1 atom stereocenters. The van der Waals surface area contributed by atoms with Gasteiger partial charge in [0, 0.05) is 0 Å². The molecular weight excluding hydrogens is 208 g/mol. The summed E-state index contributed by atoms with van der Waals surface area (Å²) >= 11 is 0. The fraction of sp³-hybridized carbons (Fsp3) is 0.417. The fourth-order valence-corrected chi connectivity index (χ4v) is 1.82. The van der Waals surface area contributed by atoms with Gasteiger partial charge in [0.15, 0.2) is 0 Å². The SMILES string of the molecule is COC(=O)[C@H]1COc2ccc(OC)cc2C1. The molecule has 0 aliphatic carbocycles. The van der Waals surface area contributed by atoms with Crippen LogP contribution < -0.4 is 9.47 Å². The van der Waals surface area contributed by atoms with Crippen LogP contribution in [0.15, 0.2) is 18.2 Å². The quantitative estimate of drug-likeness (QED) is 0.710. The molecule has 1 aliphatic heterocycles. The average molecular weight is 222 g/mol. The highest BCUT2D eigenvalue weighted by Gasteiger charge is 2.26. The Bertz CT molecular complexity index is 400. The van der Waals surface area contributed by atoms with Crippen molar-refractivity contribution in [2.45, 2.75) is 6.42 Å². The molecule has 2 rings (SSSR count). The van der Waals surface area contributed by atoms with E-state index in [0.717, 1.165) is 17.1 Å². The molecule has 4 heteroatoms. The maximum Gasteiger partial charge on any atom is 0.312 e. The van der Waals surface area contributed by atoms with Crippen molar-refractivity contribution in [3.63, 3.8) is 0 Å². The molecule has 4 nitrogen and oxygen atoms in total. The summed E-state index contributed by atoms with van der Waals surface area (Å²) in [4.78, 5) is 11.4. The van der Waals surface area contributed by atoms with Crippen LogP contribution in [0.3, 0.4) is 0 Å². The minimum atomic E-state index is -0.228. The van der Waals surface area contributed by atoms with E-state index in [4.69, 9.17) is 14.2 Å². The molecule has 0 saturated heterocycles. The largest absolute Gasteiger partial charge is 0.497 e. The Balaban J connectivity index is 2.21. The average Bonchev–Trinajstić information content (AvgIpc) is 2.36. The van der Waals surface area contributed by atoms with Crippen molar-refractivity contribution in [1.82, 2.24) is 0 Å². The van der Waals surface area contributed by atoms with Crippen molar-refractivity contribution in [3.05, 3.63) is 23.8 Å². The number of benzene rings is 1. The normalized spacial score (nSPS) is 18.2. The van der Waals surface area contributed by atoms with Gasteiger partial charge in [-0.05, 0) is 30.2 Å². The van der Waals surface area contributed by atoms with E-state index in [1.54, 1.807) is 7.11 Å². The molecule has 0 saturated carbocycles. The van der Waals surface area contributed by atoms with E-state index in [-0.39, 0.29) is 11.9 Å². The lowest BCUT2D eigenvalue weighted by Crippen LogP contribution is -2.29. The molecule has 1 aromatic carbocycles. The number of hydrogen-bond donors (Lipinski definition) is 0. The first kappa shape index (κ1) is 10.8. The molecule has 1 aromatic rings. The molecule has 0 fully saturated rings. The standard InChI is InChI=1S/C12H14O4/c1-14-10-3-4-11-8(6-10)5-9(7-16-11)12(13)15-2/h3-4,6,9H,5,7H2,1-2H3/t9-/m1/s1. The molecular formula is C12H14O4. The zero-order valence-corrected chi connectivity index (χ0v) is 9.36. The minimum Gasteiger partial charge on any atom is -0.497 e. The summed E-state index contributed by atoms with van der Waals surface area (Å²) < 4.78 is 15.3. The van der Waals surface area contributed by atoms with Gasteiger partial charge < -0.3 is 14.2 Å². The van der Waals surface area contributed by atoms with E-state index in [1.807, 2.05) is 18.2 Å². The maximum atomic E-state index is 11.4. The van der Waals surface area contributed by atoms with Crippen LogP contribution in [0.5, 0.6) is 11.5 Å². The van der Waals surface area contributed by atoms with Gasteiger partial charge in [-0.1, -0.05) is 0 Å². The highest BCUT2D eigenvalue weighted by Crippen LogP contribution is 2.30. The van der Waals surface area contributed by atoms with Crippen LogP contribution in [-0.4, -0.2) is 26.8 Å². The molecule has 0 N–H and O–H groups in total. The first-order chi connectivity index (χ1) is 7.74. The number of ether oxygens (including phenoxy) is 3. The van der Waals surface area contributed by atoms with Crippen molar-refractivity contribution < 1.29 is 19.0 Å². The van der Waals surface area contributed by atoms with Gasteiger partial charge >= 0.3 is 5.97 Å². The topological polar surface area (TPSA) is 44.8 Å². The first-order valence-corrected chi connectivity index (χ1v) is 5.12. The van der Waals surface area contributed by atoms with Gasteiger partial charge in [0.05, 0.1) is 20.1 Å². The summed E-state index contributed by atoms with van der Waals surface area (Å²) in [6.45, 7) is 0.381. The number of hydrogen-bond acceptors (Lipinski definition) is 4. The smallest absolute Gasteiger partial charge is 0.312 e. The van der Waals surface area contributed by atoms with Gasteiger partial charge in [0.2, 0.25) is 0 Å². The molecule has 0 aromatic heterocycles. The number of esters is 1. The molecule has 1 aliphatic rings. The molecule has 0 radical (unpaired) electrons. The molecule has 0 spiro atoms. The Morgan fingerprint density at radius 1 is 1.44 bits per heavy atom. The molecule has 0 bridgehead atoms. The summed E-state index contributed by atoms with van der Waals surface area (Å²) in [5.74, 6) is 1.15. The third-order valence-corrected chi connectivity index (χ3v) is 2.71. The van der Waals surface area contributed by atoms with Crippen molar-refractivity contribution in [3.8, 4) is 11.5 Å². The fourth-order valence-electron chi connectivity index (χ4n) is 1.82. The Morgan fingerprint density at radius 2 is 2.25 bits per heavy atom. The van der Waals surface area contributed by atoms with Gasteiger partial charge in [0.1, 0.15) is 18.1 Å². The van der Waals surface area contributed by atoms with E-state index < -0.39 is 0 Å². The second kappa shape index (κ2) is 4.43. The maximum absolute atomic E-state index is 11.4. The molecule has 1 heterocycles. The highest BCUT2D eigenvalue weighted by atomic mass is 16.5. The van der Waals surface area contributed by atoms with E-state index in [1.165, 1.54) is 7.11 Å². The Morgan fingerprint density at radius 3 is 2.94 bits per heavy atom. The van der Waals surface area contributed by atoms with Crippen molar-refractivity contribution in [1.29, 1.82) is 0 Å². The number of carbonyl (C=O) groups excluding carboxylic acids is 1. The van der Waals surface area contributed by atoms with Crippen LogP contribution in [-0.2, 0) is 16.0 Å². The number of carbonyl (C=O) groups is 1. The van der Waals surface area contributed by atoms with Crippen molar-refractivity contribution >= 4 is 5.97 Å². The van der Waals surface area contributed by atoms with Gasteiger partial charge in [-0.3, -0.25) is 4.79 Å². The molecule has 86 valence electrons. The summed E-state index contributed by atoms with van der Waals surface area (Å²) in [5.41, 5.74) is 0.987. The summed E-state index contributed by atoms with van der Waals surface area (Å²) in [6, 6.07) is 5.60. The molecule has 0 amide bonds. The van der Waals surface area contributed by atoms with Crippen LogP contribution in [0.2, 0.25) is 0 Å². The minimum absolute atomic E-state index is 0.218. The van der Waals surface area contributed by atoms with Gasteiger partial charge in [-0.25, -0.2) is 0 Å². The van der Waals surface area contributed by atoms with E-state index in [2.05, 4.69) is 0 Å². The van der Waals surface area contributed by atoms with Crippen LogP contribution in [0.4, 0.5) is 0 Å². The van der Waals surface area contributed by atoms with E-state index >= 15 is 0 Å². The van der Waals surface area contributed by atoms with Crippen LogP contribution >= 0.6 is 0 Å². The summed E-state index contributed by atoms with van der Waals surface area (Å²) in [6.07, 6.45) is 0.638. The second-order valence-electron chi connectivity index (χ2n) is 3.71. The van der Waals surface area contributed by atoms with Crippen LogP contribution in [0.25, 0.3) is 0 Å². The molecule has 16 heavy (non-hydrogen) atoms. The summed E-state index contributed by atoms with van der Waals surface area (Å²) in [7, 11) is 3.01. The predicted molar refractivity (Wildman–Crippen MR) is 57.7 cm³/mol. The zero-order valence-electron chi connectivity index (χ0n) is 9.36. The Labute approximate surface area is 94.1 Å². The lowest BCUT2D eigenvalue weighted by molar-refractivity contribution is -0.146. The molecule has 0 unspecified atom stereocenters. The third kappa shape index (κ3) is 1.96. The van der Waals surface area contributed by atoms with Gasteiger partial charge in [0.25, 0.3) is 0 Å². The number of rotatable bonds is 2. The second-order valence-corrected chi connectivity index (χ2v) is 3.71. The lowest BCUT2D eigenvalue weighted by atomic mass is 9.97.